The lowest BCUT2D eigenvalue weighted by Crippen LogP contribution is -2.28. The molecule has 0 aliphatic rings. The number of nitrogens with one attached hydrogen (secondary N) is 1. The molecule has 0 saturated heterocycles. The van der Waals surface area contributed by atoms with Gasteiger partial charge in [0.2, 0.25) is 0 Å². The van der Waals surface area contributed by atoms with Crippen molar-refractivity contribution in [3.05, 3.63) is 23.2 Å². The van der Waals surface area contributed by atoms with Crippen LogP contribution in [0.2, 0.25) is 5.02 Å². The molecule has 0 heterocycles. The molecule has 0 radical (unpaired) electrons. The molecule has 2 N–H and O–H groups in total. The number of benzene rings is 1. The minimum absolute atomic E-state index is 0.220. The third-order valence-electron chi connectivity index (χ3n) is 2.98. The zero-order valence-corrected chi connectivity index (χ0v) is 14.2. The number of hydrogen-bond donors (Lipinski definition) is 2. The first kappa shape index (κ1) is 19.3. The summed E-state index contributed by atoms with van der Waals surface area (Å²) in [4.78, 5) is 22.5. The summed E-state index contributed by atoms with van der Waals surface area (Å²) in [6.45, 7) is 5.90. The first-order valence-electron chi connectivity index (χ1n) is 7.36. The Kier molecular flexibility index (Phi) is 7.85. The molecule has 1 atom stereocenters. The van der Waals surface area contributed by atoms with Crippen LogP contribution in [0.3, 0.4) is 0 Å². The van der Waals surface area contributed by atoms with Crippen molar-refractivity contribution < 1.29 is 24.2 Å². The molecule has 128 valence electrons. The predicted octanol–water partition coefficient (Wildman–Crippen LogP) is 3.19. The van der Waals surface area contributed by atoms with E-state index in [2.05, 4.69) is 19.2 Å². The molecule has 23 heavy (non-hydrogen) atoms. The van der Waals surface area contributed by atoms with Gasteiger partial charge in [0, 0.05) is 12.3 Å². The van der Waals surface area contributed by atoms with Gasteiger partial charge in [0.1, 0.15) is 11.9 Å². The van der Waals surface area contributed by atoms with E-state index in [1.54, 1.807) is 13.0 Å². The molecule has 6 nitrogen and oxygen atoms in total. The monoisotopic (exact) mass is 343 g/mol. The Morgan fingerprint density at radius 3 is 2.57 bits per heavy atom. The summed E-state index contributed by atoms with van der Waals surface area (Å²) in [5.41, 5.74) is 0.488. The molecule has 1 aromatic carbocycles. The van der Waals surface area contributed by atoms with E-state index in [0.29, 0.717) is 18.2 Å². The van der Waals surface area contributed by atoms with Gasteiger partial charge in [0.15, 0.2) is 6.61 Å². The lowest BCUT2D eigenvalue weighted by atomic mass is 10.1. The highest BCUT2D eigenvalue weighted by atomic mass is 35.5. The molecule has 0 bridgehead atoms. The van der Waals surface area contributed by atoms with Gasteiger partial charge in [-0.25, -0.2) is 4.79 Å². The minimum atomic E-state index is -1.09. The van der Waals surface area contributed by atoms with Crippen LogP contribution in [0.25, 0.3) is 0 Å². The van der Waals surface area contributed by atoms with Gasteiger partial charge < -0.3 is 19.9 Å². The molecule has 0 aliphatic heterocycles. The van der Waals surface area contributed by atoms with E-state index < -0.39 is 18.7 Å². The van der Waals surface area contributed by atoms with Crippen molar-refractivity contribution in [1.29, 1.82) is 0 Å². The molecule has 1 unspecified atom stereocenters. The summed E-state index contributed by atoms with van der Waals surface area (Å²) in [5.74, 6) is -0.606. The zero-order valence-electron chi connectivity index (χ0n) is 13.5. The Labute approximate surface area is 140 Å². The van der Waals surface area contributed by atoms with E-state index in [1.807, 2.05) is 0 Å². The fourth-order valence-corrected chi connectivity index (χ4v) is 1.87. The number of rotatable bonds is 9. The normalized spacial score (nSPS) is 12.0. The Morgan fingerprint density at radius 2 is 2.00 bits per heavy atom. The van der Waals surface area contributed by atoms with E-state index >= 15 is 0 Å². The Bertz CT molecular complexity index is 547. The van der Waals surface area contributed by atoms with Crippen LogP contribution in [0.4, 0.5) is 5.69 Å². The molecule has 7 heteroatoms. The highest BCUT2D eigenvalue weighted by molar-refractivity contribution is 6.32. The number of amides is 1. The van der Waals surface area contributed by atoms with Crippen LogP contribution in [0.5, 0.6) is 5.75 Å². The van der Waals surface area contributed by atoms with Gasteiger partial charge in [-0.15, -0.1) is 0 Å². The average molecular weight is 344 g/mol. The van der Waals surface area contributed by atoms with Crippen LogP contribution < -0.4 is 10.1 Å². The van der Waals surface area contributed by atoms with Gasteiger partial charge in [0.05, 0.1) is 5.02 Å². The molecule has 0 fully saturated rings. The standard InChI is InChI=1S/C16H22ClNO5/c1-10(2)6-7-22-11(3)16(21)18-12-4-5-14(13(17)8-12)23-9-15(19)20/h4-5,8,10-11H,6-7,9H2,1-3H3,(H,18,21)(H,19,20). The van der Waals surface area contributed by atoms with Crippen molar-refractivity contribution in [2.45, 2.75) is 33.3 Å². The molecule has 1 rings (SSSR count). The number of anilines is 1. The highest BCUT2D eigenvalue weighted by Gasteiger charge is 2.14. The van der Waals surface area contributed by atoms with Crippen molar-refractivity contribution in [2.24, 2.45) is 5.92 Å². The minimum Gasteiger partial charge on any atom is -0.480 e. The first-order valence-corrected chi connectivity index (χ1v) is 7.74. The van der Waals surface area contributed by atoms with Gasteiger partial charge >= 0.3 is 5.97 Å². The van der Waals surface area contributed by atoms with Crippen molar-refractivity contribution in [3.8, 4) is 5.75 Å². The molecule has 1 aromatic rings. The lowest BCUT2D eigenvalue weighted by Gasteiger charge is -2.15. The molecule has 0 spiro atoms. The van der Waals surface area contributed by atoms with Crippen molar-refractivity contribution in [2.75, 3.05) is 18.5 Å². The van der Waals surface area contributed by atoms with Crippen LogP contribution >= 0.6 is 11.6 Å². The van der Waals surface area contributed by atoms with Crippen LogP contribution in [0, 0.1) is 5.92 Å². The molecule has 1 amide bonds. The Balaban J connectivity index is 2.54. The van der Waals surface area contributed by atoms with E-state index in [4.69, 9.17) is 26.2 Å². The fraction of sp³-hybridized carbons (Fsp3) is 0.500. The summed E-state index contributed by atoms with van der Waals surface area (Å²) in [7, 11) is 0. The maximum absolute atomic E-state index is 12.0. The fourth-order valence-electron chi connectivity index (χ4n) is 1.64. The summed E-state index contributed by atoms with van der Waals surface area (Å²) in [6, 6.07) is 4.59. The molecule has 0 saturated carbocycles. The number of carboxylic acids is 1. The van der Waals surface area contributed by atoms with Crippen LogP contribution in [0.15, 0.2) is 18.2 Å². The Hall–Kier alpha value is -1.79. The second kappa shape index (κ2) is 9.37. The second-order valence-corrected chi connectivity index (χ2v) is 5.92. The summed E-state index contributed by atoms with van der Waals surface area (Å²) < 4.78 is 10.5. The predicted molar refractivity (Wildman–Crippen MR) is 88.1 cm³/mol. The van der Waals surface area contributed by atoms with Crippen LogP contribution in [-0.2, 0) is 14.3 Å². The van der Waals surface area contributed by atoms with Gasteiger partial charge in [-0.3, -0.25) is 4.79 Å². The van der Waals surface area contributed by atoms with Gasteiger partial charge in [-0.05, 0) is 37.5 Å². The number of carboxylic acid groups (broad SMARTS) is 1. The van der Waals surface area contributed by atoms with Crippen molar-refractivity contribution in [3.63, 3.8) is 0 Å². The number of carbonyl (C=O) groups is 2. The van der Waals surface area contributed by atoms with E-state index in [0.717, 1.165) is 6.42 Å². The maximum atomic E-state index is 12.0. The van der Waals surface area contributed by atoms with Crippen molar-refractivity contribution in [1.82, 2.24) is 0 Å². The summed E-state index contributed by atoms with van der Waals surface area (Å²) >= 11 is 5.99. The second-order valence-electron chi connectivity index (χ2n) is 5.51. The van der Waals surface area contributed by atoms with Crippen LogP contribution in [-0.4, -0.2) is 36.3 Å². The number of carbonyl (C=O) groups excluding carboxylic acids is 1. The number of halogens is 1. The molecular formula is C16H22ClNO5. The molecule has 0 aliphatic carbocycles. The average Bonchev–Trinajstić information content (AvgIpc) is 2.45. The topological polar surface area (TPSA) is 84.9 Å². The van der Waals surface area contributed by atoms with Crippen molar-refractivity contribution >= 4 is 29.2 Å². The lowest BCUT2D eigenvalue weighted by molar-refractivity contribution is -0.139. The zero-order chi connectivity index (χ0) is 17.4. The van der Waals surface area contributed by atoms with E-state index in [-0.39, 0.29) is 16.7 Å². The largest absolute Gasteiger partial charge is 0.480 e. The molecular weight excluding hydrogens is 322 g/mol. The first-order chi connectivity index (χ1) is 10.8. The third-order valence-corrected chi connectivity index (χ3v) is 3.28. The van der Waals surface area contributed by atoms with E-state index in [1.165, 1.54) is 12.1 Å². The van der Waals surface area contributed by atoms with Gasteiger partial charge in [-0.2, -0.15) is 0 Å². The number of aliphatic carboxylic acids is 1. The third kappa shape index (κ3) is 7.34. The van der Waals surface area contributed by atoms with Crippen LogP contribution in [0.1, 0.15) is 27.2 Å². The Morgan fingerprint density at radius 1 is 1.30 bits per heavy atom. The van der Waals surface area contributed by atoms with E-state index in [9.17, 15) is 9.59 Å². The summed E-state index contributed by atoms with van der Waals surface area (Å²) in [5, 5.41) is 11.5. The van der Waals surface area contributed by atoms with Gasteiger partial charge in [0.25, 0.3) is 5.91 Å². The highest BCUT2D eigenvalue weighted by Crippen LogP contribution is 2.27. The summed E-state index contributed by atoms with van der Waals surface area (Å²) in [6.07, 6.45) is 0.314. The number of ether oxygens (including phenoxy) is 2. The SMILES string of the molecule is CC(C)CCOC(C)C(=O)Nc1ccc(OCC(=O)O)c(Cl)c1. The number of hydrogen-bond acceptors (Lipinski definition) is 4. The smallest absolute Gasteiger partial charge is 0.341 e. The maximum Gasteiger partial charge on any atom is 0.341 e. The van der Waals surface area contributed by atoms with Gasteiger partial charge in [-0.1, -0.05) is 25.4 Å². The molecule has 0 aromatic heterocycles. The quantitative estimate of drug-likeness (QED) is 0.719.